The fourth-order valence-electron chi connectivity index (χ4n) is 7.14. The summed E-state index contributed by atoms with van der Waals surface area (Å²) in [5.74, 6) is -3.65. The molecule has 0 radical (unpaired) electrons. The molecule has 0 aromatic heterocycles. The number of nitrogens with zero attached hydrogens (tertiary/aromatic N) is 1. The first-order valence-electron chi connectivity index (χ1n) is 15.6. The number of unbranched alkanes of at least 4 members (excludes halogenated alkanes) is 1. The van der Waals surface area contributed by atoms with E-state index in [1.54, 1.807) is 32.8 Å². The lowest BCUT2D eigenvalue weighted by atomic mass is 9.70. The number of ether oxygens (including phenoxy) is 3. The highest BCUT2D eigenvalue weighted by atomic mass is 16.6. The molecule has 1 aromatic rings. The van der Waals surface area contributed by atoms with Gasteiger partial charge in [-0.15, -0.1) is 0 Å². The quantitative estimate of drug-likeness (QED) is 0.219. The second-order valence-corrected chi connectivity index (χ2v) is 13.0. The van der Waals surface area contributed by atoms with E-state index in [-0.39, 0.29) is 17.5 Å². The number of carbonyl (C=O) groups excluding carboxylic acids is 4. The maximum absolute atomic E-state index is 14.1. The van der Waals surface area contributed by atoms with Gasteiger partial charge in [-0.25, -0.2) is 4.79 Å². The summed E-state index contributed by atoms with van der Waals surface area (Å²) < 4.78 is 18.0. The molecule has 2 aliphatic rings. The summed E-state index contributed by atoms with van der Waals surface area (Å²) in [4.78, 5) is 56.1. The van der Waals surface area contributed by atoms with E-state index >= 15 is 0 Å². The van der Waals surface area contributed by atoms with E-state index in [1.165, 1.54) is 5.56 Å². The van der Waals surface area contributed by atoms with Gasteiger partial charge in [-0.2, -0.15) is 0 Å². The average Bonchev–Trinajstić information content (AvgIpc) is 3.24. The minimum absolute atomic E-state index is 0.0140. The molecule has 1 amide bonds. The summed E-state index contributed by atoms with van der Waals surface area (Å²) in [6.07, 6.45) is 1.90. The summed E-state index contributed by atoms with van der Waals surface area (Å²) in [5.41, 5.74) is -0.828. The summed E-state index contributed by atoms with van der Waals surface area (Å²) in [7, 11) is 1.60. The third-order valence-corrected chi connectivity index (χ3v) is 10.2. The van der Waals surface area contributed by atoms with Crippen molar-refractivity contribution in [2.75, 3.05) is 13.7 Å². The zero-order chi connectivity index (χ0) is 31.4. The van der Waals surface area contributed by atoms with Crippen molar-refractivity contribution in [1.82, 2.24) is 4.90 Å². The first-order valence-corrected chi connectivity index (χ1v) is 15.6. The molecule has 42 heavy (non-hydrogen) atoms. The highest BCUT2D eigenvalue weighted by molar-refractivity contribution is 6.00. The first-order chi connectivity index (χ1) is 19.7. The number of cyclic esters (lactones) is 1. The normalized spacial score (nSPS) is 36.7. The molecule has 9 atom stereocenters. The van der Waals surface area contributed by atoms with Gasteiger partial charge in [0, 0.05) is 31.4 Å². The van der Waals surface area contributed by atoms with Crippen LogP contribution in [0.15, 0.2) is 30.3 Å². The molecule has 8 nitrogen and oxygen atoms in total. The second kappa shape index (κ2) is 13.7. The molecule has 1 aromatic carbocycles. The lowest BCUT2D eigenvalue weighted by Gasteiger charge is -2.43. The van der Waals surface area contributed by atoms with Crippen molar-refractivity contribution < 1.29 is 33.4 Å². The topological polar surface area (TPSA) is 99.2 Å². The minimum Gasteiger partial charge on any atom is -0.458 e. The Morgan fingerprint density at radius 2 is 1.57 bits per heavy atom. The van der Waals surface area contributed by atoms with Gasteiger partial charge in [-0.05, 0) is 64.4 Å². The molecule has 2 heterocycles. The van der Waals surface area contributed by atoms with Crippen LogP contribution in [0.2, 0.25) is 0 Å². The van der Waals surface area contributed by atoms with E-state index in [2.05, 4.69) is 12.1 Å². The number of carbonyl (C=O) groups is 4. The summed E-state index contributed by atoms with van der Waals surface area (Å²) >= 11 is 0. The number of esters is 1. The number of amides is 1. The fourth-order valence-corrected chi connectivity index (χ4v) is 7.14. The number of fused-ring (bicyclic) bond motifs is 1. The van der Waals surface area contributed by atoms with Crippen molar-refractivity contribution in [1.29, 1.82) is 0 Å². The molecule has 2 saturated heterocycles. The van der Waals surface area contributed by atoms with E-state index in [9.17, 15) is 19.2 Å². The highest BCUT2D eigenvalue weighted by Crippen LogP contribution is 2.43. The van der Waals surface area contributed by atoms with Gasteiger partial charge in [0.2, 0.25) is 0 Å². The summed E-state index contributed by atoms with van der Waals surface area (Å²) in [6, 6.07) is 9.54. The number of rotatable bonds is 7. The molecular weight excluding hydrogens is 534 g/mol. The summed E-state index contributed by atoms with van der Waals surface area (Å²) in [6.45, 7) is 15.0. The van der Waals surface area contributed by atoms with Crippen molar-refractivity contribution in [2.24, 2.45) is 29.6 Å². The Kier molecular flexibility index (Phi) is 11.0. The SMILES string of the molecule is CC[C@H]1OC(=O)[C@H](C)C(=O)[C@H](C)C(C)[C@](C)(OC)C[C@@H](C)C(=O)[C@H](C)[C@H]2N(CCCCc3ccccc3)C(=O)O[C@]12C. The van der Waals surface area contributed by atoms with E-state index in [1.807, 2.05) is 52.8 Å². The van der Waals surface area contributed by atoms with Crippen LogP contribution in [0.5, 0.6) is 0 Å². The van der Waals surface area contributed by atoms with Gasteiger partial charge < -0.3 is 19.1 Å². The average molecular weight is 586 g/mol. The van der Waals surface area contributed by atoms with E-state index < -0.39 is 59.1 Å². The van der Waals surface area contributed by atoms with Crippen LogP contribution in [0.1, 0.15) is 86.6 Å². The number of Topliss-reactive ketones (excluding diaryl/α,β-unsaturated/α-hetero) is 2. The minimum atomic E-state index is -1.27. The molecular formula is C34H51NO7. The van der Waals surface area contributed by atoms with Gasteiger partial charge in [0.25, 0.3) is 0 Å². The van der Waals surface area contributed by atoms with E-state index in [0.29, 0.717) is 19.4 Å². The van der Waals surface area contributed by atoms with Gasteiger partial charge in [0.15, 0.2) is 5.60 Å². The van der Waals surface area contributed by atoms with Gasteiger partial charge >= 0.3 is 12.1 Å². The largest absolute Gasteiger partial charge is 0.458 e. The zero-order valence-corrected chi connectivity index (χ0v) is 27.0. The van der Waals surface area contributed by atoms with Crippen molar-refractivity contribution in [2.45, 2.75) is 111 Å². The zero-order valence-electron chi connectivity index (χ0n) is 27.0. The number of aryl methyl sites for hydroxylation is 1. The van der Waals surface area contributed by atoms with Gasteiger partial charge in [-0.1, -0.05) is 65.0 Å². The lowest BCUT2D eigenvalue weighted by Crippen LogP contribution is -2.58. The Labute approximate surface area is 251 Å². The fraction of sp³-hybridized carbons (Fsp3) is 0.706. The molecule has 2 fully saturated rings. The summed E-state index contributed by atoms with van der Waals surface area (Å²) in [5, 5.41) is 0. The van der Waals surface area contributed by atoms with E-state index in [4.69, 9.17) is 14.2 Å². The van der Waals surface area contributed by atoms with Crippen LogP contribution in [0.25, 0.3) is 0 Å². The molecule has 3 rings (SSSR count). The molecule has 1 unspecified atom stereocenters. The number of hydrogen-bond donors (Lipinski definition) is 0. The predicted octanol–water partition coefficient (Wildman–Crippen LogP) is 6.04. The van der Waals surface area contributed by atoms with Crippen LogP contribution < -0.4 is 0 Å². The van der Waals surface area contributed by atoms with Crippen LogP contribution in [0, 0.1) is 29.6 Å². The smallest absolute Gasteiger partial charge is 0.410 e. The second-order valence-electron chi connectivity index (χ2n) is 13.0. The van der Waals surface area contributed by atoms with Crippen LogP contribution in [-0.4, -0.2) is 65.5 Å². The van der Waals surface area contributed by atoms with Crippen molar-refractivity contribution in [3.05, 3.63) is 35.9 Å². The van der Waals surface area contributed by atoms with Crippen LogP contribution in [0.3, 0.4) is 0 Å². The Morgan fingerprint density at radius 1 is 0.929 bits per heavy atom. The lowest BCUT2D eigenvalue weighted by molar-refractivity contribution is -0.172. The van der Waals surface area contributed by atoms with Gasteiger partial charge in [-0.3, -0.25) is 14.4 Å². The van der Waals surface area contributed by atoms with Crippen LogP contribution >= 0.6 is 0 Å². The molecule has 0 spiro atoms. The molecule has 0 bridgehead atoms. The highest BCUT2D eigenvalue weighted by Gasteiger charge is 2.60. The van der Waals surface area contributed by atoms with Crippen molar-refractivity contribution in [3.8, 4) is 0 Å². The van der Waals surface area contributed by atoms with Crippen molar-refractivity contribution >= 4 is 23.6 Å². The number of ketones is 2. The molecule has 0 saturated carbocycles. The third kappa shape index (κ3) is 6.74. The Bertz CT molecular complexity index is 1120. The predicted molar refractivity (Wildman–Crippen MR) is 161 cm³/mol. The van der Waals surface area contributed by atoms with Crippen molar-refractivity contribution in [3.63, 3.8) is 0 Å². The molecule has 234 valence electrons. The Hall–Kier alpha value is -2.74. The number of hydrogen-bond acceptors (Lipinski definition) is 7. The van der Waals surface area contributed by atoms with Crippen LogP contribution in [-0.2, 0) is 35.0 Å². The third-order valence-electron chi connectivity index (χ3n) is 10.2. The number of methoxy groups -OCH3 is 1. The van der Waals surface area contributed by atoms with Gasteiger partial charge in [0.05, 0.1) is 11.6 Å². The van der Waals surface area contributed by atoms with Crippen LogP contribution in [0.4, 0.5) is 4.79 Å². The molecule has 2 aliphatic heterocycles. The monoisotopic (exact) mass is 585 g/mol. The Morgan fingerprint density at radius 3 is 2.17 bits per heavy atom. The maximum atomic E-state index is 14.1. The van der Waals surface area contributed by atoms with E-state index in [0.717, 1.165) is 19.3 Å². The first kappa shape index (κ1) is 33.8. The number of benzene rings is 1. The molecule has 0 N–H and O–H groups in total. The van der Waals surface area contributed by atoms with Gasteiger partial charge in [0.1, 0.15) is 23.6 Å². The molecule has 8 heteroatoms. The standard InChI is InChI=1S/C34H51NO7/c1-10-27-34(8)30(35(32(39)42-34)19-15-14-18-26-16-12-11-13-17-26)23(4)28(36)21(2)20-33(7,40-9)25(6)22(3)29(37)24(5)31(38)41-27/h11-13,16-17,21-25,27,30H,10,14-15,18-20H2,1-9H3/t21-,22-,23+,24-,25?,27-,30-,33-,34-/m1/s1. The maximum Gasteiger partial charge on any atom is 0.410 e. The Balaban J connectivity index is 1.99. The molecule has 0 aliphatic carbocycles.